The number of nitrogens with two attached hydrogens (primary N) is 1. The highest BCUT2D eigenvalue weighted by molar-refractivity contribution is 7.98. The number of para-hydroxylation sites is 2. The molecule has 2 heterocycles. The first kappa shape index (κ1) is 21.6. The lowest BCUT2D eigenvalue weighted by Gasteiger charge is -2.11. The van der Waals surface area contributed by atoms with Gasteiger partial charge >= 0.3 is 11.9 Å². The maximum atomic E-state index is 12.2. The Morgan fingerprint density at radius 1 is 1.20 bits per heavy atom. The van der Waals surface area contributed by atoms with Crippen molar-refractivity contribution in [3.63, 3.8) is 0 Å². The molecular formula is C18H19N5O5S2. The highest BCUT2D eigenvalue weighted by Crippen LogP contribution is 2.36. The van der Waals surface area contributed by atoms with Crippen LogP contribution in [0.25, 0.3) is 5.69 Å². The van der Waals surface area contributed by atoms with Gasteiger partial charge in [0.05, 0.1) is 26.4 Å². The number of ether oxygens (including phenoxy) is 3. The molecule has 0 radical (unpaired) electrons. The third kappa shape index (κ3) is 4.24. The average Bonchev–Trinajstić information content (AvgIpc) is 3.35. The molecule has 0 aliphatic rings. The second-order valence-corrected chi connectivity index (χ2v) is 7.69. The SMILES string of the molecule is CCOc1ccccc1-n1nnnc1SCc1c(C(=O)OC)sc(N)c1C(=O)OC. The molecule has 0 bridgehead atoms. The Balaban J connectivity index is 1.96. The largest absolute Gasteiger partial charge is 0.492 e. The molecule has 0 spiro atoms. The molecule has 0 unspecified atom stereocenters. The van der Waals surface area contributed by atoms with Gasteiger partial charge in [0, 0.05) is 11.3 Å². The number of nitrogens with zero attached hydrogens (tertiary/aromatic N) is 4. The first-order chi connectivity index (χ1) is 14.5. The van der Waals surface area contributed by atoms with Gasteiger partial charge in [-0.1, -0.05) is 23.9 Å². The van der Waals surface area contributed by atoms with E-state index in [1.54, 1.807) is 0 Å². The molecule has 158 valence electrons. The highest BCUT2D eigenvalue weighted by atomic mass is 32.2. The van der Waals surface area contributed by atoms with Gasteiger partial charge in [-0.05, 0) is 29.5 Å². The van der Waals surface area contributed by atoms with E-state index < -0.39 is 11.9 Å². The summed E-state index contributed by atoms with van der Waals surface area (Å²) < 4.78 is 16.8. The minimum Gasteiger partial charge on any atom is -0.492 e. The van der Waals surface area contributed by atoms with E-state index in [1.807, 2.05) is 31.2 Å². The van der Waals surface area contributed by atoms with Crippen LogP contribution in [-0.2, 0) is 15.2 Å². The van der Waals surface area contributed by atoms with Crippen LogP contribution in [0, 0.1) is 0 Å². The predicted octanol–water partition coefficient (Wildman–Crippen LogP) is 2.57. The molecule has 1 aromatic carbocycles. The molecule has 0 saturated carbocycles. The fourth-order valence-corrected chi connectivity index (χ4v) is 4.67. The molecule has 2 aromatic heterocycles. The maximum Gasteiger partial charge on any atom is 0.348 e. The molecule has 0 fully saturated rings. The lowest BCUT2D eigenvalue weighted by Crippen LogP contribution is -2.09. The van der Waals surface area contributed by atoms with Gasteiger partial charge in [-0.3, -0.25) is 0 Å². The van der Waals surface area contributed by atoms with Crippen LogP contribution in [0.3, 0.4) is 0 Å². The van der Waals surface area contributed by atoms with E-state index in [-0.39, 0.29) is 21.2 Å². The van der Waals surface area contributed by atoms with Crippen molar-refractivity contribution in [2.45, 2.75) is 17.8 Å². The third-order valence-corrected chi connectivity index (χ3v) is 5.96. The van der Waals surface area contributed by atoms with Crippen LogP contribution in [-0.4, -0.2) is 53.0 Å². The highest BCUT2D eigenvalue weighted by Gasteiger charge is 2.28. The average molecular weight is 450 g/mol. The zero-order valence-electron chi connectivity index (χ0n) is 16.4. The van der Waals surface area contributed by atoms with Crippen LogP contribution in [0.4, 0.5) is 5.00 Å². The fraction of sp³-hybridized carbons (Fsp3) is 0.278. The smallest absolute Gasteiger partial charge is 0.348 e. The lowest BCUT2D eigenvalue weighted by atomic mass is 10.1. The number of nitrogen functional groups attached to an aromatic ring is 1. The summed E-state index contributed by atoms with van der Waals surface area (Å²) in [6, 6.07) is 7.34. The van der Waals surface area contributed by atoms with E-state index in [0.717, 1.165) is 11.3 Å². The summed E-state index contributed by atoms with van der Waals surface area (Å²) in [4.78, 5) is 24.6. The Kier molecular flexibility index (Phi) is 6.90. The van der Waals surface area contributed by atoms with E-state index >= 15 is 0 Å². The van der Waals surface area contributed by atoms with Gasteiger partial charge in [0.25, 0.3) is 0 Å². The maximum absolute atomic E-state index is 12.2. The van der Waals surface area contributed by atoms with Crippen molar-refractivity contribution in [2.75, 3.05) is 26.6 Å². The lowest BCUT2D eigenvalue weighted by molar-refractivity contribution is 0.0601. The summed E-state index contributed by atoms with van der Waals surface area (Å²) in [5, 5.41) is 12.5. The van der Waals surface area contributed by atoms with Gasteiger partial charge in [-0.2, -0.15) is 4.68 Å². The van der Waals surface area contributed by atoms with Crippen LogP contribution in [0.1, 0.15) is 32.5 Å². The van der Waals surface area contributed by atoms with E-state index in [9.17, 15) is 9.59 Å². The number of aromatic nitrogens is 4. The molecule has 0 aliphatic heterocycles. The molecule has 3 rings (SSSR count). The predicted molar refractivity (Wildman–Crippen MR) is 111 cm³/mol. The number of thioether (sulfide) groups is 1. The van der Waals surface area contributed by atoms with Gasteiger partial charge in [-0.15, -0.1) is 16.4 Å². The molecular weight excluding hydrogens is 430 g/mol. The molecule has 30 heavy (non-hydrogen) atoms. The first-order valence-electron chi connectivity index (χ1n) is 8.72. The summed E-state index contributed by atoms with van der Waals surface area (Å²) in [7, 11) is 2.51. The van der Waals surface area contributed by atoms with Gasteiger partial charge in [-0.25, -0.2) is 9.59 Å². The van der Waals surface area contributed by atoms with Crippen LogP contribution >= 0.6 is 23.1 Å². The number of carbonyl (C=O) groups is 2. The molecule has 0 aliphatic carbocycles. The number of anilines is 1. The summed E-state index contributed by atoms with van der Waals surface area (Å²) in [6.45, 7) is 2.37. The van der Waals surface area contributed by atoms with E-state index in [4.69, 9.17) is 19.9 Å². The van der Waals surface area contributed by atoms with Crippen molar-refractivity contribution < 1.29 is 23.8 Å². The minimum atomic E-state index is -0.629. The van der Waals surface area contributed by atoms with Crippen LogP contribution in [0.15, 0.2) is 29.4 Å². The standard InChI is InChI=1S/C18H19N5O5S2/c1-4-28-12-8-6-5-7-11(12)23-18(20-21-22-23)29-9-10-13(16(24)26-2)15(19)30-14(10)17(25)27-3/h5-8H,4,9,19H2,1-3H3. The number of tetrazole rings is 1. The molecule has 0 amide bonds. The van der Waals surface area contributed by atoms with Crippen molar-refractivity contribution in [1.29, 1.82) is 0 Å². The second-order valence-electron chi connectivity index (χ2n) is 5.69. The van der Waals surface area contributed by atoms with Gasteiger partial charge in [0.1, 0.15) is 21.3 Å². The topological polar surface area (TPSA) is 131 Å². The van der Waals surface area contributed by atoms with Crippen molar-refractivity contribution in [1.82, 2.24) is 20.2 Å². The summed E-state index contributed by atoms with van der Waals surface area (Å²) >= 11 is 2.21. The van der Waals surface area contributed by atoms with Crippen LogP contribution in [0.5, 0.6) is 5.75 Å². The number of carbonyl (C=O) groups excluding carboxylic acids is 2. The number of benzene rings is 1. The van der Waals surface area contributed by atoms with E-state index in [0.29, 0.717) is 28.8 Å². The Hall–Kier alpha value is -3.12. The van der Waals surface area contributed by atoms with Crippen LogP contribution in [0.2, 0.25) is 0 Å². The van der Waals surface area contributed by atoms with Gasteiger partial charge < -0.3 is 19.9 Å². The third-order valence-electron chi connectivity index (χ3n) is 3.97. The zero-order valence-corrected chi connectivity index (χ0v) is 18.1. The number of methoxy groups -OCH3 is 2. The zero-order chi connectivity index (χ0) is 21.7. The number of hydrogen-bond acceptors (Lipinski definition) is 11. The Labute approximate surface area is 180 Å². The monoisotopic (exact) mass is 449 g/mol. The molecule has 0 atom stereocenters. The Bertz CT molecular complexity index is 1070. The van der Waals surface area contributed by atoms with Crippen LogP contribution < -0.4 is 10.5 Å². The second kappa shape index (κ2) is 9.59. The van der Waals surface area contributed by atoms with Crippen molar-refractivity contribution >= 4 is 40.0 Å². The Morgan fingerprint density at radius 2 is 1.93 bits per heavy atom. The number of esters is 2. The first-order valence-corrected chi connectivity index (χ1v) is 10.5. The van der Waals surface area contributed by atoms with Gasteiger partial charge in [0.2, 0.25) is 5.16 Å². The van der Waals surface area contributed by atoms with E-state index in [1.165, 1.54) is 30.7 Å². The minimum absolute atomic E-state index is 0.143. The number of hydrogen-bond donors (Lipinski definition) is 1. The fourth-order valence-electron chi connectivity index (χ4n) is 2.67. The summed E-state index contributed by atoms with van der Waals surface area (Å²) in [5.74, 6) is -0.395. The normalized spacial score (nSPS) is 10.6. The number of rotatable bonds is 8. The molecule has 10 nitrogen and oxygen atoms in total. The quantitative estimate of drug-likeness (QED) is 0.404. The number of thiophene rings is 1. The van der Waals surface area contributed by atoms with Crippen molar-refractivity contribution in [3.8, 4) is 11.4 Å². The molecule has 0 saturated heterocycles. The molecule has 2 N–H and O–H groups in total. The Morgan fingerprint density at radius 3 is 2.63 bits per heavy atom. The summed E-state index contributed by atoms with van der Waals surface area (Å²) in [6.07, 6.45) is 0. The molecule has 3 aromatic rings. The summed E-state index contributed by atoms with van der Waals surface area (Å²) in [5.41, 5.74) is 7.19. The van der Waals surface area contributed by atoms with Crippen molar-refractivity contribution in [3.05, 3.63) is 40.3 Å². The van der Waals surface area contributed by atoms with E-state index in [2.05, 4.69) is 15.5 Å². The van der Waals surface area contributed by atoms with Crippen molar-refractivity contribution in [2.24, 2.45) is 0 Å². The molecule has 12 heteroatoms. The van der Waals surface area contributed by atoms with Gasteiger partial charge in [0.15, 0.2) is 0 Å².